The summed E-state index contributed by atoms with van der Waals surface area (Å²) in [6, 6.07) is 0. The fraction of sp³-hybridized carbons (Fsp3) is 0.700. The molecule has 1 rings (SSSR count). The first-order valence-corrected chi connectivity index (χ1v) is 8.23. The van der Waals surface area contributed by atoms with Crippen LogP contribution in [0.2, 0.25) is 0 Å². The van der Waals surface area contributed by atoms with Gasteiger partial charge in [-0.2, -0.15) is 0 Å². The minimum absolute atomic E-state index is 0.184. The molecule has 0 saturated carbocycles. The predicted molar refractivity (Wildman–Crippen MR) is 70.5 cm³/mol. The van der Waals surface area contributed by atoms with Gasteiger partial charge in [-0.15, -0.1) is 11.3 Å². The lowest BCUT2D eigenvalue weighted by atomic mass is 10.3. The van der Waals surface area contributed by atoms with Crippen molar-refractivity contribution in [2.24, 2.45) is 0 Å². The molecule has 7 heteroatoms. The Morgan fingerprint density at radius 1 is 1.41 bits per heavy atom. The van der Waals surface area contributed by atoms with E-state index in [4.69, 9.17) is 0 Å². The van der Waals surface area contributed by atoms with E-state index in [-0.39, 0.29) is 5.75 Å². The third kappa shape index (κ3) is 6.72. The second-order valence-electron chi connectivity index (χ2n) is 3.63. The van der Waals surface area contributed by atoms with Gasteiger partial charge < -0.3 is 5.32 Å². The summed E-state index contributed by atoms with van der Waals surface area (Å²) in [5.41, 5.74) is 0. The smallest absolute Gasteiger partial charge is 0.211 e. The topological polar surface area (TPSA) is 71.1 Å². The summed E-state index contributed by atoms with van der Waals surface area (Å²) in [5, 5.41) is 5.79. The van der Waals surface area contributed by atoms with Crippen molar-refractivity contribution in [3.05, 3.63) is 16.6 Å². The average molecular weight is 277 g/mol. The highest BCUT2D eigenvalue weighted by Gasteiger charge is 2.09. The van der Waals surface area contributed by atoms with Crippen molar-refractivity contribution in [3.63, 3.8) is 0 Å². The largest absolute Gasteiger partial charge is 0.317 e. The fourth-order valence-corrected chi connectivity index (χ4v) is 3.04. The van der Waals surface area contributed by atoms with Crippen LogP contribution in [0.5, 0.6) is 0 Å². The molecular formula is C10H19N3O2S2. The van der Waals surface area contributed by atoms with E-state index in [0.29, 0.717) is 13.0 Å². The van der Waals surface area contributed by atoms with E-state index < -0.39 is 10.0 Å². The van der Waals surface area contributed by atoms with Crippen LogP contribution in [0.1, 0.15) is 24.8 Å². The highest BCUT2D eigenvalue weighted by Crippen LogP contribution is 2.04. The number of sulfonamides is 1. The molecule has 0 atom stereocenters. The molecule has 0 saturated heterocycles. The molecule has 0 bridgehead atoms. The van der Waals surface area contributed by atoms with E-state index in [0.717, 1.165) is 24.5 Å². The summed E-state index contributed by atoms with van der Waals surface area (Å²) in [4.78, 5) is 4.02. The summed E-state index contributed by atoms with van der Waals surface area (Å²) >= 11 is 1.45. The number of nitrogens with zero attached hydrogens (tertiary/aromatic N) is 1. The number of thiazole rings is 1. The molecule has 0 aliphatic carbocycles. The van der Waals surface area contributed by atoms with Crippen LogP contribution in [0.25, 0.3) is 0 Å². The van der Waals surface area contributed by atoms with Crippen LogP contribution in [0.4, 0.5) is 0 Å². The van der Waals surface area contributed by atoms with Crippen LogP contribution in [0, 0.1) is 0 Å². The van der Waals surface area contributed by atoms with E-state index in [1.54, 1.807) is 6.20 Å². The predicted octanol–water partition coefficient (Wildman–Crippen LogP) is 0.952. The standard InChI is InChI=1S/C10H19N3O2S2/c1-2-11-5-3-4-8-17(14,15)13-9-10-12-6-7-16-10/h6-7,11,13H,2-5,8-9H2,1H3. The van der Waals surface area contributed by atoms with Gasteiger partial charge in [0.25, 0.3) is 0 Å². The van der Waals surface area contributed by atoms with Crippen molar-refractivity contribution in [2.75, 3.05) is 18.8 Å². The van der Waals surface area contributed by atoms with Gasteiger partial charge in [-0.05, 0) is 25.9 Å². The number of unbranched alkanes of at least 4 members (excludes halogenated alkanes) is 1. The van der Waals surface area contributed by atoms with Crippen LogP contribution in [-0.2, 0) is 16.6 Å². The van der Waals surface area contributed by atoms with Gasteiger partial charge >= 0.3 is 0 Å². The third-order valence-corrected chi connectivity index (χ3v) is 4.38. The first-order chi connectivity index (χ1) is 8.14. The summed E-state index contributed by atoms with van der Waals surface area (Å²) < 4.78 is 25.8. The zero-order valence-corrected chi connectivity index (χ0v) is 11.6. The summed E-state index contributed by atoms with van der Waals surface area (Å²) in [7, 11) is -3.16. The molecule has 0 spiro atoms. The quantitative estimate of drug-likeness (QED) is 0.659. The van der Waals surface area contributed by atoms with Gasteiger partial charge in [0.05, 0.1) is 12.3 Å². The summed E-state index contributed by atoms with van der Waals surface area (Å²) in [6.45, 7) is 4.13. The molecule has 0 aliphatic rings. The van der Waals surface area contributed by atoms with Crippen molar-refractivity contribution in [1.29, 1.82) is 0 Å². The first kappa shape index (κ1) is 14.6. The van der Waals surface area contributed by atoms with Crippen LogP contribution in [0.3, 0.4) is 0 Å². The van der Waals surface area contributed by atoms with Crippen molar-refractivity contribution in [1.82, 2.24) is 15.0 Å². The molecule has 0 radical (unpaired) electrons. The second-order valence-corrected chi connectivity index (χ2v) is 6.53. The number of nitrogens with one attached hydrogen (secondary N) is 2. The van der Waals surface area contributed by atoms with Crippen LogP contribution < -0.4 is 10.0 Å². The van der Waals surface area contributed by atoms with E-state index in [1.807, 2.05) is 12.3 Å². The Morgan fingerprint density at radius 2 is 2.24 bits per heavy atom. The Morgan fingerprint density at radius 3 is 2.88 bits per heavy atom. The molecule has 17 heavy (non-hydrogen) atoms. The van der Waals surface area contributed by atoms with Gasteiger partial charge in [0.15, 0.2) is 0 Å². The fourth-order valence-electron chi connectivity index (χ4n) is 1.30. The molecule has 2 N–H and O–H groups in total. The Hall–Kier alpha value is -0.500. The zero-order valence-electron chi connectivity index (χ0n) is 9.98. The SMILES string of the molecule is CCNCCCCS(=O)(=O)NCc1nccs1. The molecule has 1 heterocycles. The highest BCUT2D eigenvalue weighted by atomic mass is 32.2. The van der Waals surface area contributed by atoms with E-state index in [1.165, 1.54) is 11.3 Å². The number of rotatable bonds is 9. The molecule has 0 aliphatic heterocycles. The molecule has 0 unspecified atom stereocenters. The number of hydrogen-bond donors (Lipinski definition) is 2. The van der Waals surface area contributed by atoms with E-state index in [9.17, 15) is 8.42 Å². The van der Waals surface area contributed by atoms with Crippen molar-refractivity contribution < 1.29 is 8.42 Å². The highest BCUT2D eigenvalue weighted by molar-refractivity contribution is 7.89. The summed E-state index contributed by atoms with van der Waals surface area (Å²) in [5.74, 6) is 0.184. The normalized spacial score (nSPS) is 11.8. The van der Waals surface area contributed by atoms with Crippen molar-refractivity contribution in [3.8, 4) is 0 Å². The lowest BCUT2D eigenvalue weighted by Gasteiger charge is -2.05. The van der Waals surface area contributed by atoms with Gasteiger partial charge in [-0.25, -0.2) is 18.1 Å². The first-order valence-electron chi connectivity index (χ1n) is 5.70. The minimum atomic E-state index is -3.16. The van der Waals surface area contributed by atoms with Gasteiger partial charge in [0, 0.05) is 11.6 Å². The molecule has 5 nitrogen and oxygen atoms in total. The van der Waals surface area contributed by atoms with E-state index in [2.05, 4.69) is 15.0 Å². The number of hydrogen-bond acceptors (Lipinski definition) is 5. The Balaban J connectivity index is 2.17. The Bertz CT molecular complexity index is 390. The molecule has 98 valence electrons. The lowest BCUT2D eigenvalue weighted by molar-refractivity contribution is 0.574. The minimum Gasteiger partial charge on any atom is -0.317 e. The van der Waals surface area contributed by atoms with Gasteiger partial charge in [-0.3, -0.25) is 0 Å². The van der Waals surface area contributed by atoms with Gasteiger partial charge in [0.2, 0.25) is 10.0 Å². The zero-order chi connectivity index (χ0) is 12.6. The lowest BCUT2D eigenvalue weighted by Crippen LogP contribution is -2.26. The molecular weight excluding hydrogens is 258 g/mol. The maximum absolute atomic E-state index is 11.6. The maximum atomic E-state index is 11.6. The Labute approximate surface area is 107 Å². The molecule has 0 amide bonds. The monoisotopic (exact) mass is 277 g/mol. The van der Waals surface area contributed by atoms with Crippen molar-refractivity contribution in [2.45, 2.75) is 26.3 Å². The second kappa shape index (κ2) is 7.75. The molecule has 1 aromatic rings. The van der Waals surface area contributed by atoms with Crippen LogP contribution in [0.15, 0.2) is 11.6 Å². The molecule has 1 aromatic heterocycles. The third-order valence-electron chi connectivity index (χ3n) is 2.19. The average Bonchev–Trinajstić information content (AvgIpc) is 2.79. The van der Waals surface area contributed by atoms with Gasteiger partial charge in [-0.1, -0.05) is 6.92 Å². The van der Waals surface area contributed by atoms with E-state index >= 15 is 0 Å². The molecule has 0 aromatic carbocycles. The maximum Gasteiger partial charge on any atom is 0.211 e. The number of aromatic nitrogens is 1. The van der Waals surface area contributed by atoms with Crippen LogP contribution in [-0.4, -0.2) is 32.2 Å². The Kier molecular flexibility index (Phi) is 6.64. The van der Waals surface area contributed by atoms with Crippen molar-refractivity contribution >= 4 is 21.4 Å². The summed E-state index contributed by atoms with van der Waals surface area (Å²) in [6.07, 6.45) is 3.23. The van der Waals surface area contributed by atoms with Gasteiger partial charge in [0.1, 0.15) is 5.01 Å². The molecule has 0 fully saturated rings. The van der Waals surface area contributed by atoms with Crippen LogP contribution >= 0.6 is 11.3 Å².